The average Bonchev–Trinajstić information content (AvgIpc) is 2.37. The van der Waals surface area contributed by atoms with Gasteiger partial charge in [-0.2, -0.15) is 0 Å². The average molecular weight is 289 g/mol. The summed E-state index contributed by atoms with van der Waals surface area (Å²) in [4.78, 5) is 13.5. The van der Waals surface area contributed by atoms with Crippen LogP contribution in [0, 0.1) is 5.92 Å². The molecule has 0 fully saturated rings. The SMILES string of the molecule is CCO[Si](CCC(C)C)(OCC)OCCCN=C=O. The van der Waals surface area contributed by atoms with E-state index in [0.29, 0.717) is 38.7 Å². The van der Waals surface area contributed by atoms with Gasteiger partial charge in [0, 0.05) is 25.9 Å². The van der Waals surface area contributed by atoms with Crippen molar-refractivity contribution in [2.45, 2.75) is 46.6 Å². The smallest absolute Gasteiger partial charge is 0.374 e. The van der Waals surface area contributed by atoms with Gasteiger partial charge in [-0.3, -0.25) is 0 Å². The van der Waals surface area contributed by atoms with Crippen molar-refractivity contribution in [3.8, 4) is 0 Å². The van der Waals surface area contributed by atoms with Crippen molar-refractivity contribution in [1.29, 1.82) is 0 Å². The highest BCUT2D eigenvalue weighted by molar-refractivity contribution is 6.60. The number of carbonyl (C=O) groups excluding carboxylic acids is 1. The van der Waals surface area contributed by atoms with Gasteiger partial charge in [-0.05, 0) is 32.6 Å². The molecule has 0 aromatic rings. The van der Waals surface area contributed by atoms with Crippen molar-refractivity contribution >= 4 is 14.9 Å². The summed E-state index contributed by atoms with van der Waals surface area (Å²) in [6.07, 6.45) is 3.24. The number of aliphatic imine (C=N–C) groups is 1. The highest BCUT2D eigenvalue weighted by Gasteiger charge is 2.40. The maximum Gasteiger partial charge on any atom is 0.500 e. The van der Waals surface area contributed by atoms with E-state index in [0.717, 1.165) is 12.5 Å². The molecule has 0 aliphatic carbocycles. The van der Waals surface area contributed by atoms with Crippen LogP contribution in [0.25, 0.3) is 0 Å². The minimum atomic E-state index is -2.56. The largest absolute Gasteiger partial charge is 0.500 e. The van der Waals surface area contributed by atoms with Crippen molar-refractivity contribution < 1.29 is 18.1 Å². The Balaban J connectivity index is 4.37. The van der Waals surface area contributed by atoms with E-state index in [4.69, 9.17) is 13.3 Å². The molecule has 112 valence electrons. The standard InChI is InChI=1S/C13H27NO4Si/c1-5-16-19(17-6-2,11-8-13(3)4)18-10-7-9-14-12-15/h13H,5-11H2,1-4H3. The van der Waals surface area contributed by atoms with Gasteiger partial charge in [0.1, 0.15) is 0 Å². The summed E-state index contributed by atoms with van der Waals surface area (Å²) >= 11 is 0. The Bertz CT molecular complexity index is 261. The summed E-state index contributed by atoms with van der Waals surface area (Å²) in [5, 5.41) is 0. The Morgan fingerprint density at radius 2 is 1.79 bits per heavy atom. The molecule has 0 aliphatic rings. The van der Waals surface area contributed by atoms with Crippen molar-refractivity contribution in [3.63, 3.8) is 0 Å². The lowest BCUT2D eigenvalue weighted by molar-refractivity contribution is 0.0653. The van der Waals surface area contributed by atoms with Gasteiger partial charge in [-0.1, -0.05) is 13.8 Å². The van der Waals surface area contributed by atoms with Crippen LogP contribution in [0.5, 0.6) is 0 Å². The normalized spacial score (nSPS) is 11.6. The molecule has 0 spiro atoms. The van der Waals surface area contributed by atoms with Gasteiger partial charge in [0.25, 0.3) is 0 Å². The molecule has 0 aliphatic heterocycles. The molecule has 0 heterocycles. The Kier molecular flexibility index (Phi) is 11.0. The van der Waals surface area contributed by atoms with Crippen molar-refractivity contribution in [3.05, 3.63) is 0 Å². The maximum atomic E-state index is 9.97. The van der Waals surface area contributed by atoms with Gasteiger partial charge in [0.05, 0.1) is 6.54 Å². The van der Waals surface area contributed by atoms with Gasteiger partial charge >= 0.3 is 8.80 Å². The highest BCUT2D eigenvalue weighted by atomic mass is 28.4. The molecule has 0 saturated heterocycles. The van der Waals surface area contributed by atoms with E-state index in [-0.39, 0.29) is 0 Å². The maximum absolute atomic E-state index is 9.97. The minimum absolute atomic E-state index is 0.441. The lowest BCUT2D eigenvalue weighted by Gasteiger charge is -2.29. The minimum Gasteiger partial charge on any atom is -0.374 e. The van der Waals surface area contributed by atoms with E-state index in [9.17, 15) is 4.79 Å². The lowest BCUT2D eigenvalue weighted by atomic mass is 10.2. The zero-order chi connectivity index (χ0) is 14.6. The van der Waals surface area contributed by atoms with Crippen LogP contribution in [-0.2, 0) is 18.1 Å². The van der Waals surface area contributed by atoms with Gasteiger partial charge < -0.3 is 13.3 Å². The summed E-state index contributed by atoms with van der Waals surface area (Å²) in [7, 11) is -2.56. The van der Waals surface area contributed by atoms with Gasteiger partial charge in [0.2, 0.25) is 6.08 Å². The van der Waals surface area contributed by atoms with Crippen LogP contribution in [0.3, 0.4) is 0 Å². The molecular weight excluding hydrogens is 262 g/mol. The first-order chi connectivity index (χ1) is 9.10. The number of nitrogens with zero attached hydrogens (tertiary/aromatic N) is 1. The Morgan fingerprint density at radius 3 is 2.26 bits per heavy atom. The van der Waals surface area contributed by atoms with Crippen molar-refractivity contribution in [2.24, 2.45) is 10.9 Å². The third-order valence-corrected chi connectivity index (χ3v) is 5.56. The molecule has 5 nitrogen and oxygen atoms in total. The molecule has 0 N–H and O–H groups in total. The van der Waals surface area contributed by atoms with Crippen LogP contribution in [0.2, 0.25) is 6.04 Å². The molecule has 0 atom stereocenters. The number of isocyanates is 1. The topological polar surface area (TPSA) is 57.1 Å². The Labute approximate surface area is 117 Å². The van der Waals surface area contributed by atoms with Crippen molar-refractivity contribution in [2.75, 3.05) is 26.4 Å². The van der Waals surface area contributed by atoms with E-state index in [1.165, 1.54) is 6.08 Å². The second kappa shape index (κ2) is 11.3. The van der Waals surface area contributed by atoms with E-state index >= 15 is 0 Å². The first-order valence-electron chi connectivity index (χ1n) is 7.05. The predicted molar refractivity (Wildman–Crippen MR) is 76.8 cm³/mol. The lowest BCUT2D eigenvalue weighted by Crippen LogP contribution is -2.46. The second-order valence-electron chi connectivity index (χ2n) is 4.66. The fourth-order valence-electron chi connectivity index (χ4n) is 1.66. The van der Waals surface area contributed by atoms with Gasteiger partial charge in [-0.25, -0.2) is 9.79 Å². The monoisotopic (exact) mass is 289 g/mol. The van der Waals surface area contributed by atoms with Crippen LogP contribution in [0.4, 0.5) is 0 Å². The van der Waals surface area contributed by atoms with Crippen LogP contribution in [-0.4, -0.2) is 41.2 Å². The van der Waals surface area contributed by atoms with E-state index < -0.39 is 8.80 Å². The predicted octanol–water partition coefficient (Wildman–Crippen LogP) is 2.79. The first kappa shape index (κ1) is 18.5. The Hall–Kier alpha value is -0.523. The van der Waals surface area contributed by atoms with Gasteiger partial charge in [0.15, 0.2) is 0 Å². The fraction of sp³-hybridized carbons (Fsp3) is 0.923. The summed E-state index contributed by atoms with van der Waals surface area (Å²) in [5.74, 6) is 0.594. The summed E-state index contributed by atoms with van der Waals surface area (Å²) in [6, 6.07) is 0.837. The Morgan fingerprint density at radius 1 is 1.16 bits per heavy atom. The molecule has 6 heteroatoms. The highest BCUT2D eigenvalue weighted by Crippen LogP contribution is 2.21. The molecule has 0 unspecified atom stereocenters. The number of hydrogen-bond acceptors (Lipinski definition) is 5. The molecule has 0 radical (unpaired) electrons. The first-order valence-corrected chi connectivity index (χ1v) is 8.98. The molecule has 0 amide bonds. The molecule has 0 rings (SSSR count). The van der Waals surface area contributed by atoms with Crippen molar-refractivity contribution in [1.82, 2.24) is 0 Å². The molecule has 19 heavy (non-hydrogen) atoms. The molecule has 0 aromatic heterocycles. The molecule has 0 bridgehead atoms. The van der Waals surface area contributed by atoms with Crippen LogP contribution >= 0.6 is 0 Å². The van der Waals surface area contributed by atoms with Crippen LogP contribution < -0.4 is 0 Å². The zero-order valence-electron chi connectivity index (χ0n) is 12.6. The second-order valence-corrected chi connectivity index (χ2v) is 7.39. The summed E-state index contributed by atoms with van der Waals surface area (Å²) < 4.78 is 17.5. The quantitative estimate of drug-likeness (QED) is 0.240. The molecule has 0 saturated carbocycles. The third-order valence-electron chi connectivity index (χ3n) is 2.56. The van der Waals surface area contributed by atoms with E-state index in [1.807, 2.05) is 13.8 Å². The van der Waals surface area contributed by atoms with Crippen LogP contribution in [0.15, 0.2) is 4.99 Å². The number of hydrogen-bond donors (Lipinski definition) is 0. The zero-order valence-corrected chi connectivity index (χ0v) is 13.6. The van der Waals surface area contributed by atoms with E-state index in [2.05, 4.69) is 18.8 Å². The summed E-state index contributed by atoms with van der Waals surface area (Å²) in [6.45, 7) is 10.4. The molecule has 0 aromatic carbocycles. The molecular formula is C13H27NO4Si. The third kappa shape index (κ3) is 9.08. The summed E-state index contributed by atoms with van der Waals surface area (Å²) in [5.41, 5.74) is 0. The fourth-order valence-corrected chi connectivity index (χ4v) is 4.61. The van der Waals surface area contributed by atoms with Crippen LogP contribution in [0.1, 0.15) is 40.5 Å². The number of rotatable bonds is 12. The van der Waals surface area contributed by atoms with E-state index in [1.54, 1.807) is 0 Å². The van der Waals surface area contributed by atoms with Gasteiger partial charge in [-0.15, -0.1) is 0 Å².